The van der Waals surface area contributed by atoms with Crippen LogP contribution in [-0.4, -0.2) is 37.5 Å². The van der Waals surface area contributed by atoms with Crippen LogP contribution in [0.1, 0.15) is 39.0 Å². The van der Waals surface area contributed by atoms with E-state index in [-0.39, 0.29) is 17.5 Å². The summed E-state index contributed by atoms with van der Waals surface area (Å²) in [5, 5.41) is 2.74. The molecule has 0 radical (unpaired) electrons. The Morgan fingerprint density at radius 2 is 1.70 bits per heavy atom. The zero-order valence-electron chi connectivity index (χ0n) is 18.3. The molecule has 7 heteroatoms. The van der Waals surface area contributed by atoms with Crippen LogP contribution in [0.15, 0.2) is 60.7 Å². The number of hydrogen-bond donors (Lipinski definition) is 1. The lowest BCUT2D eigenvalue weighted by Gasteiger charge is -2.45. The highest BCUT2D eigenvalue weighted by Gasteiger charge is 2.46. The maximum Gasteiger partial charge on any atom is 0.254 e. The number of carbonyl (C=O) groups excluding carboxylic acids is 2. The van der Waals surface area contributed by atoms with Crippen molar-refractivity contribution < 1.29 is 23.5 Å². The van der Waals surface area contributed by atoms with Crippen molar-refractivity contribution in [2.24, 2.45) is 0 Å². The summed E-state index contributed by atoms with van der Waals surface area (Å²) in [6, 6.07) is 16.4. The van der Waals surface area contributed by atoms with Gasteiger partial charge < -0.3 is 19.7 Å². The van der Waals surface area contributed by atoms with Crippen molar-refractivity contribution in [2.45, 2.75) is 18.4 Å². The molecule has 0 fully saturated rings. The third-order valence-corrected chi connectivity index (χ3v) is 6.44. The molecule has 2 aliphatic heterocycles. The number of benzene rings is 3. The van der Waals surface area contributed by atoms with E-state index in [9.17, 15) is 14.0 Å². The van der Waals surface area contributed by atoms with Crippen LogP contribution in [0.4, 0.5) is 10.1 Å². The average Bonchev–Trinajstić information content (AvgIpc) is 2.84. The van der Waals surface area contributed by atoms with Crippen LogP contribution in [0.25, 0.3) is 0 Å². The average molecular weight is 446 g/mol. The normalized spacial score (nSPS) is 18.6. The van der Waals surface area contributed by atoms with Gasteiger partial charge in [0.05, 0.1) is 31.9 Å². The predicted octanol–water partition coefficient (Wildman–Crippen LogP) is 4.32. The first-order valence-electron chi connectivity index (χ1n) is 10.7. The molecule has 2 heterocycles. The van der Waals surface area contributed by atoms with Crippen LogP contribution in [0, 0.1) is 5.82 Å². The molecule has 168 valence electrons. The van der Waals surface area contributed by atoms with Gasteiger partial charge in [0.2, 0.25) is 5.91 Å². The molecule has 1 N–H and O–H groups in total. The van der Waals surface area contributed by atoms with Gasteiger partial charge in [0, 0.05) is 12.1 Å². The first-order chi connectivity index (χ1) is 16.0. The molecule has 2 aliphatic rings. The molecule has 3 aromatic carbocycles. The minimum Gasteiger partial charge on any atom is -0.493 e. The smallest absolute Gasteiger partial charge is 0.254 e. The SMILES string of the molecule is COc1cc2c(cc1OC)[C@H]1[C@@H](C(=O)Nc3ccccc3F)c3ccccc3C(=O)N1CC2. The number of fused-ring (bicyclic) bond motifs is 4. The van der Waals surface area contributed by atoms with Gasteiger partial charge in [0.15, 0.2) is 11.5 Å². The molecular weight excluding hydrogens is 423 g/mol. The van der Waals surface area contributed by atoms with E-state index >= 15 is 0 Å². The molecule has 33 heavy (non-hydrogen) atoms. The number of methoxy groups -OCH3 is 2. The van der Waals surface area contributed by atoms with E-state index in [1.807, 2.05) is 18.2 Å². The lowest BCUT2D eigenvalue weighted by atomic mass is 9.75. The third-order valence-electron chi connectivity index (χ3n) is 6.44. The van der Waals surface area contributed by atoms with Gasteiger partial charge >= 0.3 is 0 Å². The van der Waals surface area contributed by atoms with Crippen LogP contribution < -0.4 is 14.8 Å². The highest BCUT2D eigenvalue weighted by atomic mass is 19.1. The molecule has 0 saturated heterocycles. The number of nitrogens with zero attached hydrogens (tertiary/aromatic N) is 1. The summed E-state index contributed by atoms with van der Waals surface area (Å²) < 4.78 is 25.3. The van der Waals surface area contributed by atoms with E-state index in [2.05, 4.69) is 5.32 Å². The fourth-order valence-electron chi connectivity index (χ4n) is 4.91. The van der Waals surface area contributed by atoms with Crippen molar-refractivity contribution in [1.29, 1.82) is 0 Å². The van der Waals surface area contributed by atoms with E-state index in [0.717, 1.165) is 11.1 Å². The lowest BCUT2D eigenvalue weighted by Crippen LogP contribution is -2.49. The van der Waals surface area contributed by atoms with Crippen LogP contribution in [-0.2, 0) is 11.2 Å². The molecule has 2 atom stereocenters. The van der Waals surface area contributed by atoms with Crippen molar-refractivity contribution >= 4 is 17.5 Å². The number of amides is 2. The number of rotatable bonds is 4. The molecule has 0 aromatic heterocycles. The van der Waals surface area contributed by atoms with E-state index < -0.39 is 17.8 Å². The van der Waals surface area contributed by atoms with Gasteiger partial charge in [-0.2, -0.15) is 0 Å². The molecule has 0 saturated carbocycles. The largest absolute Gasteiger partial charge is 0.493 e. The van der Waals surface area contributed by atoms with Crippen molar-refractivity contribution in [3.8, 4) is 11.5 Å². The fraction of sp³-hybridized carbons (Fsp3) is 0.231. The molecule has 0 bridgehead atoms. The first kappa shape index (κ1) is 21.0. The number of halogens is 1. The third kappa shape index (κ3) is 3.40. The molecule has 0 unspecified atom stereocenters. The number of ether oxygens (including phenoxy) is 2. The van der Waals surface area contributed by atoms with Gasteiger partial charge in [0.1, 0.15) is 5.82 Å². The highest BCUT2D eigenvalue weighted by Crippen LogP contribution is 2.48. The van der Waals surface area contributed by atoms with Gasteiger partial charge in [0.25, 0.3) is 5.91 Å². The maximum atomic E-state index is 14.3. The topological polar surface area (TPSA) is 67.9 Å². The van der Waals surface area contributed by atoms with Crippen molar-refractivity contribution in [1.82, 2.24) is 4.90 Å². The van der Waals surface area contributed by atoms with Gasteiger partial charge in [-0.15, -0.1) is 0 Å². The Kier molecular flexibility index (Phi) is 5.24. The quantitative estimate of drug-likeness (QED) is 0.648. The molecule has 0 spiro atoms. The summed E-state index contributed by atoms with van der Waals surface area (Å²) in [5.41, 5.74) is 3.04. The Bertz CT molecular complexity index is 1260. The maximum absolute atomic E-state index is 14.3. The predicted molar refractivity (Wildman–Crippen MR) is 121 cm³/mol. The van der Waals surface area contributed by atoms with Crippen LogP contribution in [0.2, 0.25) is 0 Å². The van der Waals surface area contributed by atoms with E-state index in [1.54, 1.807) is 49.5 Å². The van der Waals surface area contributed by atoms with E-state index in [4.69, 9.17) is 9.47 Å². The summed E-state index contributed by atoms with van der Waals surface area (Å²) in [6.45, 7) is 0.462. The number of anilines is 1. The Hall–Kier alpha value is -3.87. The zero-order chi connectivity index (χ0) is 23.1. The van der Waals surface area contributed by atoms with Crippen LogP contribution in [0.3, 0.4) is 0 Å². The number of para-hydroxylation sites is 1. The first-order valence-corrected chi connectivity index (χ1v) is 10.7. The Labute approximate surface area is 190 Å². The second-order valence-electron chi connectivity index (χ2n) is 8.13. The Balaban J connectivity index is 1.66. The van der Waals surface area contributed by atoms with E-state index in [0.29, 0.717) is 35.6 Å². The Morgan fingerprint density at radius 3 is 2.45 bits per heavy atom. The standard InChI is InChI=1S/C26H23FN2O4/c1-32-21-13-15-11-12-29-24(18(15)14-22(21)33-2)23(16-7-3-4-8-17(16)26(29)31)25(30)28-20-10-6-5-9-19(20)27/h3-10,13-14,23-24H,11-12H2,1-2H3,(H,28,30)/t23-,24-/m0/s1. The number of hydrogen-bond acceptors (Lipinski definition) is 4. The van der Waals surface area contributed by atoms with Gasteiger partial charge in [-0.25, -0.2) is 4.39 Å². The second-order valence-corrected chi connectivity index (χ2v) is 8.13. The fourth-order valence-corrected chi connectivity index (χ4v) is 4.91. The van der Waals surface area contributed by atoms with Crippen LogP contribution >= 0.6 is 0 Å². The second kappa shape index (κ2) is 8.24. The molecule has 2 amide bonds. The van der Waals surface area contributed by atoms with Gasteiger partial charge in [-0.05, 0) is 53.4 Å². The minimum atomic E-state index is -0.726. The van der Waals surface area contributed by atoms with E-state index in [1.165, 1.54) is 12.1 Å². The molecule has 5 rings (SSSR count). The number of carbonyl (C=O) groups is 2. The molecule has 6 nitrogen and oxygen atoms in total. The van der Waals surface area contributed by atoms with Gasteiger partial charge in [-0.1, -0.05) is 30.3 Å². The monoisotopic (exact) mass is 446 g/mol. The van der Waals surface area contributed by atoms with Crippen molar-refractivity contribution in [2.75, 3.05) is 26.1 Å². The molecule has 0 aliphatic carbocycles. The minimum absolute atomic E-state index is 0.103. The van der Waals surface area contributed by atoms with Gasteiger partial charge in [-0.3, -0.25) is 9.59 Å². The molecular formula is C26H23FN2O4. The molecule has 3 aromatic rings. The van der Waals surface area contributed by atoms with Crippen molar-refractivity contribution in [3.05, 3.63) is 88.7 Å². The summed E-state index contributed by atoms with van der Waals surface area (Å²) >= 11 is 0. The zero-order valence-corrected chi connectivity index (χ0v) is 18.3. The lowest BCUT2D eigenvalue weighted by molar-refractivity contribution is -0.119. The summed E-state index contributed by atoms with van der Waals surface area (Å²) in [5.74, 6) is -0.616. The Morgan fingerprint density at radius 1 is 1.00 bits per heavy atom. The summed E-state index contributed by atoms with van der Waals surface area (Å²) in [7, 11) is 3.12. The van der Waals surface area contributed by atoms with Crippen molar-refractivity contribution in [3.63, 3.8) is 0 Å². The summed E-state index contributed by atoms with van der Waals surface area (Å²) in [4.78, 5) is 28.8. The van der Waals surface area contributed by atoms with Crippen LogP contribution in [0.5, 0.6) is 11.5 Å². The number of nitrogens with one attached hydrogen (secondary N) is 1. The highest BCUT2D eigenvalue weighted by molar-refractivity contribution is 6.04. The summed E-state index contributed by atoms with van der Waals surface area (Å²) in [6.07, 6.45) is 0.627.